The molecule has 0 amide bonds. The van der Waals surface area contributed by atoms with Gasteiger partial charge < -0.3 is 19.3 Å². The van der Waals surface area contributed by atoms with Gasteiger partial charge in [-0.1, -0.05) is 24.1 Å². The van der Waals surface area contributed by atoms with Gasteiger partial charge in [-0.3, -0.25) is 0 Å². The summed E-state index contributed by atoms with van der Waals surface area (Å²) in [5.41, 5.74) is 0.977. The molecule has 0 bridgehead atoms. The Morgan fingerprint density at radius 3 is 2.92 bits per heavy atom. The maximum Gasteiger partial charge on any atom is 0.245 e. The Labute approximate surface area is 147 Å². The number of nitrogens with zero attached hydrogens (tertiary/aromatic N) is 2. The summed E-state index contributed by atoms with van der Waals surface area (Å²) < 4.78 is 16.8. The SMILES string of the molecule is c1cc(NCc2nc(C3CCCC3)no2)cc(OCC2CCCO2)c1. The van der Waals surface area contributed by atoms with E-state index in [1.54, 1.807) is 0 Å². The van der Waals surface area contributed by atoms with E-state index in [4.69, 9.17) is 14.0 Å². The minimum Gasteiger partial charge on any atom is -0.491 e. The van der Waals surface area contributed by atoms with Gasteiger partial charge >= 0.3 is 0 Å². The van der Waals surface area contributed by atoms with Crippen LogP contribution in [0.2, 0.25) is 0 Å². The first-order chi connectivity index (χ1) is 12.4. The molecule has 1 aromatic carbocycles. The predicted octanol–water partition coefficient (Wildman–Crippen LogP) is 3.90. The smallest absolute Gasteiger partial charge is 0.245 e. The lowest BCUT2D eigenvalue weighted by Crippen LogP contribution is -2.16. The predicted molar refractivity (Wildman–Crippen MR) is 93.7 cm³/mol. The van der Waals surface area contributed by atoms with Crippen molar-refractivity contribution < 1.29 is 14.0 Å². The van der Waals surface area contributed by atoms with Crippen LogP contribution in [0.25, 0.3) is 0 Å². The average molecular weight is 343 g/mol. The molecule has 1 aromatic heterocycles. The summed E-state index contributed by atoms with van der Waals surface area (Å²) in [7, 11) is 0. The molecule has 1 aliphatic heterocycles. The number of hydrogen-bond donors (Lipinski definition) is 1. The summed E-state index contributed by atoms with van der Waals surface area (Å²) in [6, 6.07) is 7.94. The second-order valence-corrected chi connectivity index (χ2v) is 6.86. The highest BCUT2D eigenvalue weighted by molar-refractivity contribution is 5.48. The number of aromatic nitrogens is 2. The lowest BCUT2D eigenvalue weighted by atomic mass is 10.1. The lowest BCUT2D eigenvalue weighted by Gasteiger charge is -2.12. The Bertz CT molecular complexity index is 676. The van der Waals surface area contributed by atoms with Crippen LogP contribution in [-0.4, -0.2) is 29.5 Å². The third-order valence-corrected chi connectivity index (χ3v) is 4.94. The number of ether oxygens (including phenoxy) is 2. The maximum absolute atomic E-state index is 5.84. The van der Waals surface area contributed by atoms with Gasteiger partial charge in [0, 0.05) is 24.3 Å². The molecule has 1 saturated heterocycles. The molecule has 6 heteroatoms. The molecule has 25 heavy (non-hydrogen) atoms. The van der Waals surface area contributed by atoms with Crippen molar-refractivity contribution in [1.82, 2.24) is 10.1 Å². The minimum atomic E-state index is 0.226. The van der Waals surface area contributed by atoms with E-state index in [-0.39, 0.29) is 6.10 Å². The van der Waals surface area contributed by atoms with Crippen molar-refractivity contribution in [3.05, 3.63) is 36.0 Å². The fourth-order valence-electron chi connectivity index (χ4n) is 3.53. The highest BCUT2D eigenvalue weighted by Crippen LogP contribution is 2.32. The molecule has 1 atom stereocenters. The summed E-state index contributed by atoms with van der Waals surface area (Å²) in [5, 5.41) is 7.46. The van der Waals surface area contributed by atoms with Crippen LogP contribution in [0.1, 0.15) is 56.2 Å². The number of anilines is 1. The summed E-state index contributed by atoms with van der Waals surface area (Å²) in [5.74, 6) is 2.82. The molecule has 134 valence electrons. The van der Waals surface area contributed by atoms with Crippen LogP contribution in [0.3, 0.4) is 0 Å². The van der Waals surface area contributed by atoms with E-state index in [9.17, 15) is 0 Å². The Morgan fingerprint density at radius 1 is 1.16 bits per heavy atom. The third-order valence-electron chi connectivity index (χ3n) is 4.94. The van der Waals surface area contributed by atoms with Crippen LogP contribution in [-0.2, 0) is 11.3 Å². The van der Waals surface area contributed by atoms with E-state index in [1.807, 2.05) is 24.3 Å². The van der Waals surface area contributed by atoms with E-state index in [0.29, 0.717) is 25.0 Å². The van der Waals surface area contributed by atoms with Gasteiger partial charge in [-0.25, -0.2) is 0 Å². The van der Waals surface area contributed by atoms with Gasteiger partial charge in [-0.2, -0.15) is 4.98 Å². The van der Waals surface area contributed by atoms with Gasteiger partial charge in [-0.05, 0) is 37.8 Å². The van der Waals surface area contributed by atoms with Crippen LogP contribution in [0, 0.1) is 0 Å². The fourth-order valence-corrected chi connectivity index (χ4v) is 3.53. The van der Waals surface area contributed by atoms with E-state index >= 15 is 0 Å². The standard InChI is InChI=1S/C19H25N3O3/c1-2-6-14(5-1)19-21-18(25-22-19)12-20-15-7-3-8-16(11-15)24-13-17-9-4-10-23-17/h3,7-8,11,14,17,20H,1-2,4-6,9-10,12-13H2. The Balaban J connectivity index is 1.29. The van der Waals surface area contributed by atoms with E-state index < -0.39 is 0 Å². The van der Waals surface area contributed by atoms with E-state index in [0.717, 1.165) is 36.7 Å². The molecular weight excluding hydrogens is 318 g/mol. The summed E-state index contributed by atoms with van der Waals surface area (Å²) >= 11 is 0. The van der Waals surface area contributed by atoms with Gasteiger partial charge in [0.1, 0.15) is 12.4 Å². The summed E-state index contributed by atoms with van der Waals surface area (Å²) in [6.07, 6.45) is 7.33. The average Bonchev–Trinajstić information content (AvgIpc) is 3.41. The highest BCUT2D eigenvalue weighted by atomic mass is 16.5. The molecule has 1 unspecified atom stereocenters. The third kappa shape index (κ3) is 4.31. The largest absolute Gasteiger partial charge is 0.491 e. The first-order valence-corrected chi connectivity index (χ1v) is 9.27. The van der Waals surface area contributed by atoms with Gasteiger partial charge in [0.2, 0.25) is 5.89 Å². The number of rotatable bonds is 7. The van der Waals surface area contributed by atoms with Crippen molar-refractivity contribution >= 4 is 5.69 Å². The van der Waals surface area contributed by atoms with Crippen molar-refractivity contribution in [2.75, 3.05) is 18.5 Å². The Kier molecular flexibility index (Phi) is 5.16. The minimum absolute atomic E-state index is 0.226. The summed E-state index contributed by atoms with van der Waals surface area (Å²) in [6.45, 7) is 1.98. The Morgan fingerprint density at radius 2 is 2.08 bits per heavy atom. The molecule has 4 rings (SSSR count). The normalized spacial score (nSPS) is 20.9. The zero-order valence-electron chi connectivity index (χ0n) is 14.4. The van der Waals surface area contributed by atoms with Crippen molar-refractivity contribution in [2.24, 2.45) is 0 Å². The van der Waals surface area contributed by atoms with Crippen molar-refractivity contribution in [3.63, 3.8) is 0 Å². The van der Waals surface area contributed by atoms with Gasteiger partial charge in [-0.15, -0.1) is 0 Å². The molecule has 1 aliphatic carbocycles. The highest BCUT2D eigenvalue weighted by Gasteiger charge is 2.22. The van der Waals surface area contributed by atoms with Crippen molar-refractivity contribution in [3.8, 4) is 5.75 Å². The van der Waals surface area contributed by atoms with Gasteiger partial charge in [0.15, 0.2) is 5.82 Å². The molecule has 0 radical (unpaired) electrons. The molecule has 2 aliphatic rings. The van der Waals surface area contributed by atoms with Gasteiger partial charge in [0.05, 0.1) is 12.6 Å². The van der Waals surface area contributed by atoms with Crippen molar-refractivity contribution in [2.45, 2.75) is 57.1 Å². The molecule has 0 spiro atoms. The van der Waals surface area contributed by atoms with Crippen LogP contribution in [0.5, 0.6) is 5.75 Å². The molecule has 2 heterocycles. The lowest BCUT2D eigenvalue weighted by molar-refractivity contribution is 0.0680. The Hall–Kier alpha value is -2.08. The van der Waals surface area contributed by atoms with E-state index in [1.165, 1.54) is 25.7 Å². The quantitative estimate of drug-likeness (QED) is 0.822. The maximum atomic E-state index is 5.84. The van der Waals surface area contributed by atoms with Crippen LogP contribution in [0.4, 0.5) is 5.69 Å². The number of hydrogen-bond acceptors (Lipinski definition) is 6. The zero-order chi connectivity index (χ0) is 16.9. The van der Waals surface area contributed by atoms with Crippen LogP contribution >= 0.6 is 0 Å². The van der Waals surface area contributed by atoms with Crippen LogP contribution in [0.15, 0.2) is 28.8 Å². The first-order valence-electron chi connectivity index (χ1n) is 9.27. The molecule has 6 nitrogen and oxygen atoms in total. The summed E-state index contributed by atoms with van der Waals surface area (Å²) in [4.78, 5) is 4.53. The molecular formula is C19H25N3O3. The molecule has 1 N–H and O–H groups in total. The zero-order valence-corrected chi connectivity index (χ0v) is 14.4. The molecule has 1 saturated carbocycles. The topological polar surface area (TPSA) is 69.4 Å². The molecule has 2 aromatic rings. The van der Waals surface area contributed by atoms with E-state index in [2.05, 4.69) is 15.5 Å². The number of benzene rings is 1. The first kappa shape index (κ1) is 16.4. The monoisotopic (exact) mass is 343 g/mol. The fraction of sp³-hybridized carbons (Fsp3) is 0.579. The van der Waals surface area contributed by atoms with Crippen molar-refractivity contribution in [1.29, 1.82) is 0 Å². The molecule has 2 fully saturated rings. The number of nitrogens with one attached hydrogen (secondary N) is 1. The van der Waals surface area contributed by atoms with Crippen LogP contribution < -0.4 is 10.1 Å². The second kappa shape index (κ2) is 7.87. The van der Waals surface area contributed by atoms with Gasteiger partial charge in [0.25, 0.3) is 0 Å². The second-order valence-electron chi connectivity index (χ2n) is 6.86.